The lowest BCUT2D eigenvalue weighted by Gasteiger charge is -2.22. The molecule has 1 amide bonds. The van der Waals surface area contributed by atoms with Crippen molar-refractivity contribution in [2.24, 2.45) is 0 Å². The number of rotatable bonds is 6. The van der Waals surface area contributed by atoms with E-state index in [2.05, 4.69) is 11.1 Å². The standard InChI is InChI=1S/C22H23N3O3S/c1-15(20(26)24-12-11-16-7-3-6-10-19(16)24)29-22-23-18-9-5-4-8-17(18)21(27)25(22)13-14-28-2/h3-10,15H,11-14H2,1-2H3. The molecular weight excluding hydrogens is 386 g/mol. The van der Waals surface area contributed by atoms with Crippen LogP contribution in [0.3, 0.4) is 0 Å². The van der Waals surface area contributed by atoms with E-state index in [-0.39, 0.29) is 16.7 Å². The molecule has 1 aliphatic heterocycles. The van der Waals surface area contributed by atoms with Crippen LogP contribution in [0.4, 0.5) is 5.69 Å². The molecule has 2 heterocycles. The minimum atomic E-state index is -0.372. The van der Waals surface area contributed by atoms with Crippen molar-refractivity contribution in [2.75, 3.05) is 25.2 Å². The fourth-order valence-electron chi connectivity index (χ4n) is 3.61. The van der Waals surface area contributed by atoms with Crippen LogP contribution < -0.4 is 10.5 Å². The summed E-state index contributed by atoms with van der Waals surface area (Å²) in [6, 6.07) is 15.3. The van der Waals surface area contributed by atoms with Gasteiger partial charge in [-0.1, -0.05) is 42.1 Å². The number of benzene rings is 2. The molecule has 0 radical (unpaired) electrons. The summed E-state index contributed by atoms with van der Waals surface area (Å²) in [5, 5.41) is 0.738. The Morgan fingerprint density at radius 1 is 1.21 bits per heavy atom. The van der Waals surface area contributed by atoms with Crippen molar-refractivity contribution in [1.82, 2.24) is 9.55 Å². The van der Waals surface area contributed by atoms with Gasteiger partial charge in [0.05, 0.1) is 29.3 Å². The molecule has 150 valence electrons. The van der Waals surface area contributed by atoms with E-state index in [1.165, 1.54) is 17.3 Å². The Balaban J connectivity index is 1.64. The molecule has 3 aromatic rings. The number of methoxy groups -OCH3 is 1. The zero-order valence-electron chi connectivity index (χ0n) is 16.5. The van der Waals surface area contributed by atoms with Gasteiger partial charge in [-0.15, -0.1) is 0 Å². The summed E-state index contributed by atoms with van der Waals surface area (Å²) in [6.45, 7) is 3.35. The van der Waals surface area contributed by atoms with E-state index in [9.17, 15) is 9.59 Å². The van der Waals surface area contributed by atoms with Crippen molar-refractivity contribution < 1.29 is 9.53 Å². The van der Waals surface area contributed by atoms with Gasteiger partial charge in [0.1, 0.15) is 0 Å². The second kappa shape index (κ2) is 8.39. The molecule has 0 N–H and O–H groups in total. The first-order valence-electron chi connectivity index (χ1n) is 9.64. The van der Waals surface area contributed by atoms with Gasteiger partial charge in [-0.2, -0.15) is 0 Å². The Kier molecular flexibility index (Phi) is 5.69. The number of fused-ring (bicyclic) bond motifs is 2. The Morgan fingerprint density at radius 2 is 1.97 bits per heavy atom. The van der Waals surface area contributed by atoms with E-state index in [1.54, 1.807) is 17.7 Å². The van der Waals surface area contributed by atoms with Crippen LogP contribution in [0.15, 0.2) is 58.5 Å². The second-order valence-electron chi connectivity index (χ2n) is 6.99. The molecule has 0 spiro atoms. The van der Waals surface area contributed by atoms with Crippen molar-refractivity contribution in [1.29, 1.82) is 0 Å². The molecule has 6 nitrogen and oxygen atoms in total. The van der Waals surface area contributed by atoms with Crippen molar-refractivity contribution in [3.8, 4) is 0 Å². The lowest BCUT2D eigenvalue weighted by atomic mass is 10.2. The van der Waals surface area contributed by atoms with Gasteiger partial charge in [0.2, 0.25) is 5.91 Å². The molecule has 0 bridgehead atoms. The van der Waals surface area contributed by atoms with E-state index < -0.39 is 0 Å². The van der Waals surface area contributed by atoms with Crippen LogP contribution in [0.1, 0.15) is 12.5 Å². The molecule has 1 atom stereocenters. The van der Waals surface area contributed by atoms with Gasteiger partial charge in [0.25, 0.3) is 5.56 Å². The summed E-state index contributed by atoms with van der Waals surface area (Å²) < 4.78 is 6.78. The van der Waals surface area contributed by atoms with Crippen molar-refractivity contribution in [3.05, 3.63) is 64.4 Å². The number of thioether (sulfide) groups is 1. The van der Waals surface area contributed by atoms with Crippen LogP contribution in [0, 0.1) is 0 Å². The summed E-state index contributed by atoms with van der Waals surface area (Å²) in [6.07, 6.45) is 0.867. The summed E-state index contributed by atoms with van der Waals surface area (Å²) in [7, 11) is 1.60. The summed E-state index contributed by atoms with van der Waals surface area (Å²) in [5.41, 5.74) is 2.70. The number of hydrogen-bond acceptors (Lipinski definition) is 5. The third-order valence-electron chi connectivity index (χ3n) is 5.13. The average molecular weight is 410 g/mol. The van der Waals surface area contributed by atoms with Gasteiger partial charge in [-0.25, -0.2) is 4.98 Å². The van der Waals surface area contributed by atoms with Crippen LogP contribution in [-0.2, 0) is 22.5 Å². The van der Waals surface area contributed by atoms with Crippen LogP contribution in [0.2, 0.25) is 0 Å². The lowest BCUT2D eigenvalue weighted by molar-refractivity contribution is -0.117. The summed E-state index contributed by atoms with van der Waals surface area (Å²) in [5.74, 6) is 0.0284. The van der Waals surface area contributed by atoms with Crippen molar-refractivity contribution >= 4 is 34.3 Å². The number of carbonyl (C=O) groups is 1. The molecule has 29 heavy (non-hydrogen) atoms. The Hall–Kier alpha value is -2.64. The Labute approximate surface area is 173 Å². The maximum Gasteiger partial charge on any atom is 0.262 e. The summed E-state index contributed by atoms with van der Waals surface area (Å²) in [4.78, 5) is 32.7. The van der Waals surface area contributed by atoms with E-state index in [0.29, 0.717) is 35.8 Å². The SMILES string of the molecule is COCCn1c(SC(C)C(=O)N2CCc3ccccc32)nc2ccccc2c1=O. The lowest BCUT2D eigenvalue weighted by Crippen LogP contribution is -2.36. The fourth-order valence-corrected chi connectivity index (χ4v) is 4.61. The van der Waals surface area contributed by atoms with Gasteiger partial charge < -0.3 is 9.64 Å². The third-order valence-corrected chi connectivity index (χ3v) is 6.21. The first kappa shape index (κ1) is 19.7. The van der Waals surface area contributed by atoms with Gasteiger partial charge in [0.15, 0.2) is 5.16 Å². The number of aromatic nitrogens is 2. The predicted molar refractivity (Wildman–Crippen MR) is 116 cm³/mol. The molecule has 4 rings (SSSR count). The van der Waals surface area contributed by atoms with E-state index >= 15 is 0 Å². The van der Waals surface area contributed by atoms with Crippen LogP contribution >= 0.6 is 11.8 Å². The maximum atomic E-state index is 13.2. The number of para-hydroxylation sites is 2. The highest BCUT2D eigenvalue weighted by Gasteiger charge is 2.29. The van der Waals surface area contributed by atoms with Gasteiger partial charge >= 0.3 is 0 Å². The first-order valence-corrected chi connectivity index (χ1v) is 10.5. The number of hydrogen-bond donors (Lipinski definition) is 0. The zero-order chi connectivity index (χ0) is 20.4. The number of carbonyl (C=O) groups excluding carboxylic acids is 1. The maximum absolute atomic E-state index is 13.2. The molecule has 2 aromatic carbocycles. The Morgan fingerprint density at radius 3 is 2.79 bits per heavy atom. The number of anilines is 1. The molecule has 1 aliphatic rings. The topological polar surface area (TPSA) is 64.4 Å². The molecule has 7 heteroatoms. The molecule has 0 fully saturated rings. The highest BCUT2D eigenvalue weighted by Crippen LogP contribution is 2.31. The highest BCUT2D eigenvalue weighted by atomic mass is 32.2. The Bertz CT molecular complexity index is 1110. The highest BCUT2D eigenvalue weighted by molar-refractivity contribution is 8.00. The van der Waals surface area contributed by atoms with Crippen molar-refractivity contribution in [2.45, 2.75) is 30.3 Å². The first-order chi connectivity index (χ1) is 14.1. The third kappa shape index (κ3) is 3.80. The molecule has 0 aliphatic carbocycles. The second-order valence-corrected chi connectivity index (χ2v) is 8.30. The van der Waals surface area contributed by atoms with E-state index in [0.717, 1.165) is 12.1 Å². The van der Waals surface area contributed by atoms with Gasteiger partial charge in [-0.05, 0) is 37.1 Å². The predicted octanol–water partition coefficient (Wildman–Crippen LogP) is 3.11. The van der Waals surface area contributed by atoms with E-state index in [4.69, 9.17) is 4.74 Å². The van der Waals surface area contributed by atoms with Crippen LogP contribution in [0.5, 0.6) is 0 Å². The number of nitrogens with zero attached hydrogens (tertiary/aromatic N) is 3. The van der Waals surface area contributed by atoms with Gasteiger partial charge in [0, 0.05) is 19.3 Å². The van der Waals surface area contributed by atoms with Crippen LogP contribution in [-0.4, -0.2) is 41.0 Å². The smallest absolute Gasteiger partial charge is 0.262 e. The zero-order valence-corrected chi connectivity index (χ0v) is 17.3. The number of ether oxygens (including phenoxy) is 1. The van der Waals surface area contributed by atoms with Crippen LogP contribution in [0.25, 0.3) is 10.9 Å². The minimum Gasteiger partial charge on any atom is -0.383 e. The quantitative estimate of drug-likeness (QED) is 0.462. The molecule has 0 saturated carbocycles. The normalized spacial score (nSPS) is 14.2. The molecule has 0 saturated heterocycles. The molecular formula is C22H23N3O3S. The largest absolute Gasteiger partial charge is 0.383 e. The minimum absolute atomic E-state index is 0.0284. The molecule has 1 aromatic heterocycles. The molecule has 1 unspecified atom stereocenters. The average Bonchev–Trinajstić information content (AvgIpc) is 3.17. The van der Waals surface area contributed by atoms with E-state index in [1.807, 2.05) is 48.2 Å². The van der Waals surface area contributed by atoms with Crippen molar-refractivity contribution in [3.63, 3.8) is 0 Å². The number of amides is 1. The van der Waals surface area contributed by atoms with Gasteiger partial charge in [-0.3, -0.25) is 14.2 Å². The monoisotopic (exact) mass is 409 g/mol. The fraction of sp³-hybridized carbons (Fsp3) is 0.318. The summed E-state index contributed by atoms with van der Waals surface area (Å²) >= 11 is 1.32.